The van der Waals surface area contributed by atoms with Crippen molar-refractivity contribution in [3.63, 3.8) is 0 Å². The predicted molar refractivity (Wildman–Crippen MR) is 67.4 cm³/mol. The Morgan fingerprint density at radius 3 is 2.80 bits per heavy atom. The summed E-state index contributed by atoms with van der Waals surface area (Å²) in [6.45, 7) is 7.01. The third kappa shape index (κ3) is 3.69. The minimum absolute atomic E-state index is 0.0828. The molecule has 0 saturated heterocycles. The van der Waals surface area contributed by atoms with Crippen molar-refractivity contribution >= 4 is 11.6 Å². The van der Waals surface area contributed by atoms with Crippen LogP contribution in [0.3, 0.4) is 0 Å². The van der Waals surface area contributed by atoms with Gasteiger partial charge < -0.3 is 5.32 Å². The highest BCUT2D eigenvalue weighted by Gasteiger charge is 2.19. The minimum atomic E-state index is 0.0828. The lowest BCUT2D eigenvalue weighted by atomic mass is 9.84. The number of benzene rings is 1. The predicted octanol–water partition coefficient (Wildman–Crippen LogP) is 3.29. The molecular weight excluding hydrogens is 206 g/mol. The summed E-state index contributed by atoms with van der Waals surface area (Å²) >= 11 is 5.95. The molecule has 0 aliphatic rings. The van der Waals surface area contributed by atoms with Crippen LogP contribution in [0.2, 0.25) is 5.02 Å². The zero-order valence-corrected chi connectivity index (χ0v) is 10.1. The van der Waals surface area contributed by atoms with Gasteiger partial charge in [-0.25, -0.2) is 0 Å². The lowest BCUT2D eigenvalue weighted by Crippen LogP contribution is -2.29. The fourth-order valence-corrected chi connectivity index (χ4v) is 1.94. The van der Waals surface area contributed by atoms with E-state index < -0.39 is 0 Å². The van der Waals surface area contributed by atoms with Crippen LogP contribution >= 0.6 is 11.6 Å². The van der Waals surface area contributed by atoms with Crippen molar-refractivity contribution in [3.05, 3.63) is 47.5 Å². The van der Waals surface area contributed by atoms with Gasteiger partial charge in [0, 0.05) is 17.0 Å². The summed E-state index contributed by atoms with van der Waals surface area (Å²) in [5, 5.41) is 3.98. The van der Waals surface area contributed by atoms with E-state index in [2.05, 4.69) is 24.9 Å². The van der Waals surface area contributed by atoms with Gasteiger partial charge in [-0.05, 0) is 31.2 Å². The molecule has 0 aromatic heterocycles. The zero-order chi connectivity index (χ0) is 11.3. The number of halogens is 1. The second kappa shape index (κ2) is 5.34. The molecule has 82 valence electrons. The lowest BCUT2D eigenvalue weighted by Gasteiger charge is -2.25. The Kier molecular flexibility index (Phi) is 4.37. The lowest BCUT2D eigenvalue weighted by molar-refractivity contribution is 0.406. The molecule has 2 heteroatoms. The molecule has 1 rings (SSSR count). The van der Waals surface area contributed by atoms with Gasteiger partial charge in [-0.3, -0.25) is 0 Å². The average Bonchev–Trinajstić information content (AvgIpc) is 2.18. The molecule has 1 atom stereocenters. The first kappa shape index (κ1) is 12.3. The SMILES string of the molecule is C=CC(C)(CNC)Cc1cccc(Cl)c1. The van der Waals surface area contributed by atoms with Crippen molar-refractivity contribution < 1.29 is 0 Å². The quantitative estimate of drug-likeness (QED) is 0.756. The van der Waals surface area contributed by atoms with E-state index in [1.807, 2.05) is 31.3 Å². The summed E-state index contributed by atoms with van der Waals surface area (Å²) < 4.78 is 0. The van der Waals surface area contributed by atoms with Crippen LogP contribution in [0, 0.1) is 5.41 Å². The third-order valence-corrected chi connectivity index (χ3v) is 2.81. The molecule has 0 spiro atoms. The highest BCUT2D eigenvalue weighted by atomic mass is 35.5. The standard InChI is InChI=1S/C13H18ClN/c1-4-13(2,10-15-3)9-11-6-5-7-12(14)8-11/h4-8,15H,1,9-10H2,2-3H3. The van der Waals surface area contributed by atoms with Crippen LogP contribution in [0.25, 0.3) is 0 Å². The molecule has 0 saturated carbocycles. The summed E-state index contributed by atoms with van der Waals surface area (Å²) in [7, 11) is 1.96. The molecule has 1 nitrogen and oxygen atoms in total. The Bertz CT molecular complexity index is 335. The normalized spacial score (nSPS) is 14.6. The molecule has 0 heterocycles. The Balaban J connectivity index is 2.78. The van der Waals surface area contributed by atoms with Crippen LogP contribution in [0.5, 0.6) is 0 Å². The van der Waals surface area contributed by atoms with Crippen molar-refractivity contribution in [2.75, 3.05) is 13.6 Å². The van der Waals surface area contributed by atoms with Gasteiger partial charge >= 0.3 is 0 Å². The first-order chi connectivity index (χ1) is 7.09. The Hall–Kier alpha value is -0.790. The monoisotopic (exact) mass is 223 g/mol. The van der Waals surface area contributed by atoms with Gasteiger partial charge in [0.25, 0.3) is 0 Å². The summed E-state index contributed by atoms with van der Waals surface area (Å²) in [5.41, 5.74) is 1.33. The number of hydrogen-bond acceptors (Lipinski definition) is 1. The maximum atomic E-state index is 5.95. The van der Waals surface area contributed by atoms with Crippen molar-refractivity contribution in [2.24, 2.45) is 5.41 Å². The molecule has 1 unspecified atom stereocenters. The topological polar surface area (TPSA) is 12.0 Å². The van der Waals surface area contributed by atoms with Crippen molar-refractivity contribution in [1.82, 2.24) is 5.32 Å². The molecule has 0 aliphatic carbocycles. The van der Waals surface area contributed by atoms with Crippen molar-refractivity contribution in [2.45, 2.75) is 13.3 Å². The molecular formula is C13H18ClN. The van der Waals surface area contributed by atoms with E-state index in [0.717, 1.165) is 18.0 Å². The van der Waals surface area contributed by atoms with Crippen LogP contribution < -0.4 is 5.32 Å². The van der Waals surface area contributed by atoms with E-state index in [0.29, 0.717) is 0 Å². The molecule has 0 radical (unpaired) electrons. The summed E-state index contributed by atoms with van der Waals surface area (Å²) in [4.78, 5) is 0. The molecule has 1 aromatic carbocycles. The van der Waals surface area contributed by atoms with E-state index in [4.69, 9.17) is 11.6 Å². The second-order valence-electron chi connectivity index (χ2n) is 4.20. The molecule has 15 heavy (non-hydrogen) atoms. The van der Waals surface area contributed by atoms with Crippen LogP contribution in [0.4, 0.5) is 0 Å². The number of hydrogen-bond donors (Lipinski definition) is 1. The van der Waals surface area contributed by atoms with Gasteiger partial charge in [0.05, 0.1) is 0 Å². The number of nitrogens with one attached hydrogen (secondary N) is 1. The van der Waals surface area contributed by atoms with Crippen LogP contribution in [-0.4, -0.2) is 13.6 Å². The smallest absolute Gasteiger partial charge is 0.0408 e. The Morgan fingerprint density at radius 2 is 2.27 bits per heavy atom. The molecule has 0 aliphatic heterocycles. The van der Waals surface area contributed by atoms with Gasteiger partial charge in [0.1, 0.15) is 0 Å². The zero-order valence-electron chi connectivity index (χ0n) is 9.39. The molecule has 0 fully saturated rings. The Morgan fingerprint density at radius 1 is 1.53 bits per heavy atom. The van der Waals surface area contributed by atoms with Gasteiger partial charge in [-0.1, -0.05) is 36.7 Å². The fraction of sp³-hybridized carbons (Fsp3) is 0.385. The van der Waals surface area contributed by atoms with E-state index in [1.54, 1.807) is 0 Å². The Labute approximate surface area is 97.1 Å². The summed E-state index contributed by atoms with van der Waals surface area (Å²) in [5.74, 6) is 0. The van der Waals surface area contributed by atoms with Gasteiger partial charge in [0.15, 0.2) is 0 Å². The largest absolute Gasteiger partial charge is 0.319 e. The molecule has 0 amide bonds. The van der Waals surface area contributed by atoms with Gasteiger partial charge in [-0.15, -0.1) is 6.58 Å². The van der Waals surface area contributed by atoms with Gasteiger partial charge in [-0.2, -0.15) is 0 Å². The first-order valence-electron chi connectivity index (χ1n) is 5.12. The van der Waals surface area contributed by atoms with Crippen molar-refractivity contribution in [3.8, 4) is 0 Å². The maximum Gasteiger partial charge on any atom is 0.0408 e. The summed E-state index contributed by atoms with van der Waals surface area (Å²) in [6.07, 6.45) is 2.96. The van der Waals surface area contributed by atoms with E-state index in [9.17, 15) is 0 Å². The highest BCUT2D eigenvalue weighted by Crippen LogP contribution is 2.24. The maximum absolute atomic E-state index is 5.95. The van der Waals surface area contributed by atoms with E-state index >= 15 is 0 Å². The number of rotatable bonds is 5. The van der Waals surface area contributed by atoms with Crippen LogP contribution in [-0.2, 0) is 6.42 Å². The highest BCUT2D eigenvalue weighted by molar-refractivity contribution is 6.30. The average molecular weight is 224 g/mol. The molecule has 1 N–H and O–H groups in total. The minimum Gasteiger partial charge on any atom is -0.319 e. The van der Waals surface area contributed by atoms with Crippen molar-refractivity contribution in [1.29, 1.82) is 0 Å². The van der Waals surface area contributed by atoms with E-state index in [-0.39, 0.29) is 5.41 Å². The molecule has 1 aromatic rings. The van der Waals surface area contributed by atoms with E-state index in [1.165, 1.54) is 5.56 Å². The van der Waals surface area contributed by atoms with Gasteiger partial charge in [0.2, 0.25) is 0 Å². The molecule has 0 bridgehead atoms. The fourth-order valence-electron chi connectivity index (χ4n) is 1.72. The first-order valence-corrected chi connectivity index (χ1v) is 5.50. The van der Waals surface area contributed by atoms with Crippen LogP contribution in [0.15, 0.2) is 36.9 Å². The third-order valence-electron chi connectivity index (χ3n) is 2.57. The summed E-state index contributed by atoms with van der Waals surface area (Å²) in [6, 6.07) is 8.00. The second-order valence-corrected chi connectivity index (χ2v) is 4.63. The van der Waals surface area contributed by atoms with Crippen LogP contribution in [0.1, 0.15) is 12.5 Å².